The summed E-state index contributed by atoms with van der Waals surface area (Å²) in [6.45, 7) is 6.46. The molecule has 5 rings (SSSR count). The third-order valence-electron chi connectivity index (χ3n) is 6.89. The summed E-state index contributed by atoms with van der Waals surface area (Å²) < 4.78 is 0. The molecule has 2 aliphatic rings. The molecule has 1 saturated carbocycles. The smallest absolute Gasteiger partial charge is 0.254 e. The molecule has 0 bridgehead atoms. The Hall–Kier alpha value is -3.08. The van der Waals surface area contributed by atoms with Gasteiger partial charge in [0, 0.05) is 48.9 Å². The van der Waals surface area contributed by atoms with Crippen molar-refractivity contribution in [2.75, 3.05) is 19.6 Å². The molecule has 1 aliphatic heterocycles. The molecule has 166 valence electrons. The molecule has 1 atom stereocenters. The molecule has 1 aliphatic carbocycles. The zero-order valence-electron chi connectivity index (χ0n) is 18.9. The average molecular weight is 430 g/mol. The van der Waals surface area contributed by atoms with Crippen LogP contribution in [0.2, 0.25) is 0 Å². The first-order valence-corrected chi connectivity index (χ1v) is 11.8. The highest BCUT2D eigenvalue weighted by Crippen LogP contribution is 2.33. The van der Waals surface area contributed by atoms with Crippen LogP contribution in [0.1, 0.15) is 43.5 Å². The fourth-order valence-electron chi connectivity index (χ4n) is 4.86. The summed E-state index contributed by atoms with van der Waals surface area (Å²) >= 11 is 0. The predicted octanol–water partition coefficient (Wildman–Crippen LogP) is 4.94. The Morgan fingerprint density at radius 2 is 1.84 bits per heavy atom. The maximum absolute atomic E-state index is 13.4. The SMILES string of the molecule is CC(C)N(C[C@@H]1CCN(C(=O)C2CC2)C1)C(=O)c1ccc(-c2cccc3cc[nH]c23)cc1. The van der Waals surface area contributed by atoms with Crippen molar-refractivity contribution >= 4 is 22.7 Å². The van der Waals surface area contributed by atoms with Gasteiger partial charge in [-0.25, -0.2) is 0 Å². The number of rotatable bonds is 6. The van der Waals surface area contributed by atoms with Crippen LogP contribution in [0.15, 0.2) is 54.7 Å². The molecule has 0 radical (unpaired) electrons. The summed E-state index contributed by atoms with van der Waals surface area (Å²) in [5, 5.41) is 1.18. The monoisotopic (exact) mass is 429 g/mol. The van der Waals surface area contributed by atoms with Gasteiger partial charge in [-0.2, -0.15) is 0 Å². The van der Waals surface area contributed by atoms with Gasteiger partial charge in [0.2, 0.25) is 5.91 Å². The van der Waals surface area contributed by atoms with Crippen molar-refractivity contribution in [1.29, 1.82) is 0 Å². The van der Waals surface area contributed by atoms with Crippen LogP contribution in [0, 0.1) is 11.8 Å². The lowest BCUT2D eigenvalue weighted by atomic mass is 10.0. The third kappa shape index (κ3) is 4.04. The highest BCUT2D eigenvalue weighted by Gasteiger charge is 2.37. The first-order valence-electron chi connectivity index (χ1n) is 11.8. The lowest BCUT2D eigenvalue weighted by molar-refractivity contribution is -0.131. The molecule has 1 saturated heterocycles. The average Bonchev–Trinajstić information content (AvgIpc) is 3.35. The Kier molecular flexibility index (Phi) is 5.50. The van der Waals surface area contributed by atoms with Gasteiger partial charge in [0.15, 0.2) is 0 Å². The van der Waals surface area contributed by atoms with Crippen molar-refractivity contribution in [3.05, 3.63) is 60.3 Å². The number of amides is 2. The molecular formula is C27H31N3O2. The largest absolute Gasteiger partial charge is 0.361 e. The standard InChI is InChI=1S/C27H31N3O2/c1-18(2)30(17-19-13-15-29(16-19)26(31)22-10-11-22)27(32)23-8-6-20(7-9-23)24-5-3-4-21-12-14-28-25(21)24/h3-9,12,14,18-19,22,28H,10-11,13,15-17H2,1-2H3/t19-/m1/s1. The Morgan fingerprint density at radius 3 is 2.56 bits per heavy atom. The van der Waals surface area contributed by atoms with Gasteiger partial charge in [-0.05, 0) is 68.2 Å². The van der Waals surface area contributed by atoms with Crippen molar-refractivity contribution in [2.24, 2.45) is 11.8 Å². The van der Waals surface area contributed by atoms with Crippen LogP contribution in [-0.4, -0.2) is 52.3 Å². The predicted molar refractivity (Wildman–Crippen MR) is 127 cm³/mol. The summed E-state index contributed by atoms with van der Waals surface area (Å²) in [6.07, 6.45) is 5.03. The number of carbonyl (C=O) groups is 2. The second-order valence-corrected chi connectivity index (χ2v) is 9.59. The Bertz CT molecular complexity index is 1130. The van der Waals surface area contributed by atoms with E-state index in [0.717, 1.165) is 49.0 Å². The van der Waals surface area contributed by atoms with Crippen LogP contribution in [0.25, 0.3) is 22.0 Å². The van der Waals surface area contributed by atoms with Crippen molar-refractivity contribution in [3.8, 4) is 11.1 Å². The Morgan fingerprint density at radius 1 is 1.06 bits per heavy atom. The number of hydrogen-bond donors (Lipinski definition) is 1. The second kappa shape index (κ2) is 8.45. The quantitative estimate of drug-likeness (QED) is 0.603. The first-order chi connectivity index (χ1) is 15.5. The topological polar surface area (TPSA) is 56.4 Å². The number of fused-ring (bicyclic) bond motifs is 1. The van der Waals surface area contributed by atoms with E-state index in [1.807, 2.05) is 40.3 Å². The van der Waals surface area contributed by atoms with E-state index in [2.05, 4.69) is 43.1 Å². The molecule has 2 amide bonds. The lowest BCUT2D eigenvalue weighted by Gasteiger charge is -2.30. The van der Waals surface area contributed by atoms with E-state index in [1.165, 1.54) is 5.39 Å². The number of para-hydroxylation sites is 1. The van der Waals surface area contributed by atoms with Crippen molar-refractivity contribution < 1.29 is 9.59 Å². The normalized spacial score (nSPS) is 18.5. The van der Waals surface area contributed by atoms with E-state index < -0.39 is 0 Å². The van der Waals surface area contributed by atoms with E-state index in [9.17, 15) is 9.59 Å². The number of benzene rings is 2. The second-order valence-electron chi connectivity index (χ2n) is 9.59. The molecular weight excluding hydrogens is 398 g/mol. The minimum atomic E-state index is 0.0663. The minimum Gasteiger partial charge on any atom is -0.361 e. The van der Waals surface area contributed by atoms with Gasteiger partial charge in [-0.15, -0.1) is 0 Å². The first kappa shape index (κ1) is 20.8. The summed E-state index contributed by atoms with van der Waals surface area (Å²) in [5.41, 5.74) is 4.06. The minimum absolute atomic E-state index is 0.0663. The van der Waals surface area contributed by atoms with Gasteiger partial charge >= 0.3 is 0 Å². The molecule has 1 N–H and O–H groups in total. The maximum atomic E-state index is 13.4. The molecule has 2 aromatic carbocycles. The van der Waals surface area contributed by atoms with E-state index in [4.69, 9.17) is 0 Å². The number of aromatic amines is 1. The number of nitrogens with zero attached hydrogens (tertiary/aromatic N) is 2. The molecule has 2 heterocycles. The highest BCUT2D eigenvalue weighted by atomic mass is 16.2. The summed E-state index contributed by atoms with van der Waals surface area (Å²) in [5.74, 6) is 1.01. The fraction of sp³-hybridized carbons (Fsp3) is 0.407. The fourth-order valence-corrected chi connectivity index (χ4v) is 4.86. The van der Waals surface area contributed by atoms with E-state index in [0.29, 0.717) is 23.9 Å². The van der Waals surface area contributed by atoms with Crippen LogP contribution in [0.4, 0.5) is 0 Å². The van der Waals surface area contributed by atoms with E-state index >= 15 is 0 Å². The summed E-state index contributed by atoms with van der Waals surface area (Å²) in [4.78, 5) is 33.1. The Labute approximate surface area is 189 Å². The van der Waals surface area contributed by atoms with Crippen LogP contribution in [0.3, 0.4) is 0 Å². The van der Waals surface area contributed by atoms with Gasteiger partial charge in [0.05, 0.1) is 5.52 Å². The molecule has 1 aromatic heterocycles. The van der Waals surface area contributed by atoms with Gasteiger partial charge < -0.3 is 14.8 Å². The molecule has 3 aromatic rings. The molecule has 5 nitrogen and oxygen atoms in total. The van der Waals surface area contributed by atoms with Gasteiger partial charge in [0.25, 0.3) is 5.91 Å². The van der Waals surface area contributed by atoms with E-state index in [1.54, 1.807) is 0 Å². The van der Waals surface area contributed by atoms with Gasteiger partial charge in [0.1, 0.15) is 0 Å². The van der Waals surface area contributed by atoms with Crippen LogP contribution in [0.5, 0.6) is 0 Å². The number of nitrogens with one attached hydrogen (secondary N) is 1. The molecule has 0 unspecified atom stereocenters. The maximum Gasteiger partial charge on any atom is 0.254 e. The van der Waals surface area contributed by atoms with Crippen LogP contribution in [-0.2, 0) is 4.79 Å². The van der Waals surface area contributed by atoms with Crippen LogP contribution >= 0.6 is 0 Å². The zero-order chi connectivity index (χ0) is 22.2. The third-order valence-corrected chi connectivity index (χ3v) is 6.89. The van der Waals surface area contributed by atoms with Crippen molar-refractivity contribution in [3.63, 3.8) is 0 Å². The van der Waals surface area contributed by atoms with Crippen LogP contribution < -0.4 is 0 Å². The highest BCUT2D eigenvalue weighted by molar-refractivity contribution is 5.97. The number of likely N-dealkylation sites (tertiary alicyclic amines) is 1. The molecule has 0 spiro atoms. The number of aromatic nitrogens is 1. The van der Waals surface area contributed by atoms with Crippen molar-refractivity contribution in [1.82, 2.24) is 14.8 Å². The summed E-state index contributed by atoms with van der Waals surface area (Å²) in [6, 6.07) is 16.4. The van der Waals surface area contributed by atoms with Crippen molar-refractivity contribution in [2.45, 2.75) is 39.2 Å². The number of H-pyrrole nitrogens is 1. The molecule has 2 fully saturated rings. The lowest BCUT2D eigenvalue weighted by Crippen LogP contribution is -2.41. The van der Waals surface area contributed by atoms with Gasteiger partial charge in [-0.1, -0.05) is 30.3 Å². The van der Waals surface area contributed by atoms with E-state index in [-0.39, 0.29) is 17.9 Å². The Balaban J connectivity index is 1.29. The molecule has 32 heavy (non-hydrogen) atoms. The number of hydrogen-bond acceptors (Lipinski definition) is 2. The molecule has 5 heteroatoms. The number of carbonyl (C=O) groups excluding carboxylic acids is 2. The van der Waals surface area contributed by atoms with Gasteiger partial charge in [-0.3, -0.25) is 9.59 Å². The summed E-state index contributed by atoms with van der Waals surface area (Å²) in [7, 11) is 0. The zero-order valence-corrected chi connectivity index (χ0v) is 18.9.